The van der Waals surface area contributed by atoms with Gasteiger partial charge in [0.1, 0.15) is 6.10 Å². The molecule has 2 aliphatic carbocycles. The Morgan fingerprint density at radius 3 is 2.33 bits per heavy atom. The van der Waals surface area contributed by atoms with E-state index in [-0.39, 0.29) is 17.5 Å². The quantitative estimate of drug-likeness (QED) is 0.544. The molecule has 0 aromatic carbocycles. The minimum atomic E-state index is -0.458. The van der Waals surface area contributed by atoms with Crippen molar-refractivity contribution in [2.24, 2.45) is 17.3 Å². The van der Waals surface area contributed by atoms with Crippen LogP contribution in [0.3, 0.4) is 0 Å². The summed E-state index contributed by atoms with van der Waals surface area (Å²) in [4.78, 5) is 12.6. The Bertz CT molecular complexity index is 368. The fourth-order valence-corrected chi connectivity index (χ4v) is 5.15. The molecule has 0 heterocycles. The number of carbonyl (C=O) groups excluding carboxylic acids is 1. The van der Waals surface area contributed by atoms with E-state index in [1.54, 1.807) is 0 Å². The van der Waals surface area contributed by atoms with E-state index in [0.717, 1.165) is 18.8 Å². The number of carbonyl (C=O) groups is 1. The van der Waals surface area contributed by atoms with Crippen LogP contribution in [0.1, 0.15) is 79.1 Å². The predicted octanol–water partition coefficient (Wildman–Crippen LogP) is 4.96. The molecule has 0 saturated heterocycles. The Kier molecular flexibility index (Phi) is 5.40. The summed E-state index contributed by atoms with van der Waals surface area (Å²) in [6.07, 6.45) is 9.95. The summed E-state index contributed by atoms with van der Waals surface area (Å²) < 4.78 is 6.01. The molecule has 0 spiro atoms. The largest absolute Gasteiger partial charge is 0.461 e. The van der Waals surface area contributed by atoms with E-state index in [1.165, 1.54) is 38.5 Å². The number of rotatable bonds is 3. The van der Waals surface area contributed by atoms with Gasteiger partial charge in [0.2, 0.25) is 0 Å². The Morgan fingerprint density at radius 2 is 1.67 bits per heavy atom. The molecule has 122 valence electrons. The second kappa shape index (κ2) is 6.57. The maximum Gasteiger partial charge on any atom is 0.315 e. The zero-order valence-electron chi connectivity index (χ0n) is 14.3. The fraction of sp³-hybridized carbons (Fsp3) is 0.944. The maximum atomic E-state index is 12.6. The second-order valence-electron chi connectivity index (χ2n) is 8.74. The van der Waals surface area contributed by atoms with Crippen molar-refractivity contribution in [3.05, 3.63) is 0 Å². The molecule has 0 bridgehead atoms. The highest BCUT2D eigenvalue weighted by Crippen LogP contribution is 2.43. The van der Waals surface area contributed by atoms with E-state index >= 15 is 0 Å². The maximum absolute atomic E-state index is 12.6. The van der Waals surface area contributed by atoms with Gasteiger partial charge in [0, 0.05) is 0 Å². The topological polar surface area (TPSA) is 26.3 Å². The molecule has 5 atom stereocenters. The lowest BCUT2D eigenvalue weighted by Crippen LogP contribution is -2.42. The molecule has 0 aliphatic heterocycles. The van der Waals surface area contributed by atoms with Gasteiger partial charge in [-0.3, -0.25) is 4.79 Å². The summed E-state index contributed by atoms with van der Waals surface area (Å²) in [6.45, 7) is 8.55. The molecular weight excluding hydrogens is 279 g/mol. The first-order chi connectivity index (χ1) is 9.69. The molecule has 2 nitrogen and oxygen atoms in total. The monoisotopic (exact) mass is 312 g/mol. The lowest BCUT2D eigenvalue weighted by molar-refractivity contribution is -0.160. The van der Waals surface area contributed by atoms with E-state index < -0.39 is 5.16 Å². The van der Waals surface area contributed by atoms with Gasteiger partial charge in [-0.2, -0.15) is 0 Å². The van der Waals surface area contributed by atoms with Gasteiger partial charge >= 0.3 is 5.97 Å². The van der Waals surface area contributed by atoms with Gasteiger partial charge in [-0.05, 0) is 56.3 Å². The molecule has 0 N–H and O–H groups in total. The number of hydrogen-bond acceptors (Lipinski definition) is 2. The minimum Gasteiger partial charge on any atom is -0.461 e. The van der Waals surface area contributed by atoms with E-state index in [4.69, 9.17) is 4.74 Å². The molecule has 2 saturated carbocycles. The van der Waals surface area contributed by atoms with Gasteiger partial charge in [-0.15, -0.1) is 9.24 Å². The number of hydrogen-bond donors (Lipinski definition) is 0. The summed E-state index contributed by atoms with van der Waals surface area (Å²) in [5, 5.41) is -0.458. The molecule has 0 aromatic heterocycles. The lowest BCUT2D eigenvalue weighted by Gasteiger charge is -2.42. The summed E-state index contributed by atoms with van der Waals surface area (Å²) in [7, 11) is 2.75. The average Bonchev–Trinajstić information content (AvgIpc) is 2.36. The molecule has 0 radical (unpaired) electrons. The van der Waals surface area contributed by atoms with Gasteiger partial charge in [-0.1, -0.05) is 40.0 Å². The van der Waals surface area contributed by atoms with E-state index in [1.807, 2.05) is 6.92 Å². The van der Waals surface area contributed by atoms with Gasteiger partial charge in [0.15, 0.2) is 0 Å². The first kappa shape index (κ1) is 17.3. The SMILES string of the molecule is CC(C)(C)CC(C)(P)C(=O)OC1CCCC2CCCCC21. The van der Waals surface area contributed by atoms with Crippen LogP contribution in [0.25, 0.3) is 0 Å². The Balaban J connectivity index is 1.97. The zero-order valence-corrected chi connectivity index (χ0v) is 15.4. The van der Waals surface area contributed by atoms with Crippen LogP contribution in [0, 0.1) is 17.3 Å². The Labute approximate surface area is 133 Å². The Hall–Kier alpha value is -0.100. The zero-order chi connectivity index (χ0) is 15.7. The first-order valence-electron chi connectivity index (χ1n) is 8.69. The summed E-state index contributed by atoms with van der Waals surface area (Å²) in [5.74, 6) is 1.43. The highest BCUT2D eigenvalue weighted by molar-refractivity contribution is 7.20. The highest BCUT2D eigenvalue weighted by atomic mass is 31.0. The number of ether oxygens (including phenoxy) is 1. The standard InChI is InChI=1S/C18H33O2P/c1-17(2,3)12-18(4,21)16(19)20-15-11-7-9-13-8-5-6-10-14(13)15/h13-15H,5-12,21H2,1-4H3. The molecule has 3 heteroatoms. The van der Waals surface area contributed by atoms with Gasteiger partial charge in [-0.25, -0.2) is 0 Å². The molecule has 2 aliphatic rings. The lowest BCUT2D eigenvalue weighted by atomic mass is 9.69. The van der Waals surface area contributed by atoms with Crippen LogP contribution in [0.2, 0.25) is 0 Å². The number of fused-ring (bicyclic) bond motifs is 1. The van der Waals surface area contributed by atoms with Crippen molar-refractivity contribution in [3.63, 3.8) is 0 Å². The van der Waals surface area contributed by atoms with Crippen molar-refractivity contribution in [2.45, 2.75) is 90.3 Å². The van der Waals surface area contributed by atoms with Crippen LogP contribution < -0.4 is 0 Å². The van der Waals surface area contributed by atoms with Crippen LogP contribution in [0.4, 0.5) is 0 Å². The van der Waals surface area contributed by atoms with E-state index in [0.29, 0.717) is 5.92 Å². The van der Waals surface area contributed by atoms with Crippen LogP contribution in [-0.2, 0) is 9.53 Å². The molecular formula is C18H33O2P. The van der Waals surface area contributed by atoms with Crippen molar-refractivity contribution >= 4 is 15.2 Å². The van der Waals surface area contributed by atoms with Crippen molar-refractivity contribution in [2.75, 3.05) is 0 Å². The Morgan fingerprint density at radius 1 is 1.05 bits per heavy atom. The average molecular weight is 312 g/mol. The van der Waals surface area contributed by atoms with Crippen LogP contribution in [0.15, 0.2) is 0 Å². The third kappa shape index (κ3) is 4.68. The third-order valence-corrected chi connectivity index (χ3v) is 5.57. The molecule has 5 unspecified atom stereocenters. The summed E-state index contributed by atoms with van der Waals surface area (Å²) in [6, 6.07) is 0. The summed E-state index contributed by atoms with van der Waals surface area (Å²) in [5.41, 5.74) is 0.134. The fourth-order valence-electron chi connectivity index (χ4n) is 4.47. The van der Waals surface area contributed by atoms with Crippen LogP contribution >= 0.6 is 9.24 Å². The normalized spacial score (nSPS) is 32.9. The highest BCUT2D eigenvalue weighted by Gasteiger charge is 2.40. The summed E-state index contributed by atoms with van der Waals surface area (Å²) >= 11 is 0. The molecule has 2 fully saturated rings. The van der Waals surface area contributed by atoms with Gasteiger partial charge in [0.05, 0.1) is 5.16 Å². The molecule has 21 heavy (non-hydrogen) atoms. The first-order valence-corrected chi connectivity index (χ1v) is 9.27. The van der Waals surface area contributed by atoms with Crippen molar-refractivity contribution in [1.82, 2.24) is 0 Å². The van der Waals surface area contributed by atoms with E-state index in [2.05, 4.69) is 30.0 Å². The van der Waals surface area contributed by atoms with Crippen molar-refractivity contribution < 1.29 is 9.53 Å². The second-order valence-corrected chi connectivity index (χ2v) is 10.0. The minimum absolute atomic E-state index is 0.0151. The third-order valence-electron chi connectivity index (χ3n) is 5.13. The predicted molar refractivity (Wildman–Crippen MR) is 91.4 cm³/mol. The number of esters is 1. The van der Waals surface area contributed by atoms with Crippen molar-refractivity contribution in [1.29, 1.82) is 0 Å². The molecule has 0 aromatic rings. The van der Waals surface area contributed by atoms with Gasteiger partial charge in [0.25, 0.3) is 0 Å². The van der Waals surface area contributed by atoms with E-state index in [9.17, 15) is 4.79 Å². The van der Waals surface area contributed by atoms with Crippen LogP contribution in [0.5, 0.6) is 0 Å². The molecule has 0 amide bonds. The molecule has 2 rings (SSSR count). The van der Waals surface area contributed by atoms with Crippen molar-refractivity contribution in [3.8, 4) is 0 Å². The smallest absolute Gasteiger partial charge is 0.315 e. The van der Waals surface area contributed by atoms with Gasteiger partial charge < -0.3 is 4.74 Å². The van der Waals surface area contributed by atoms with Crippen LogP contribution in [-0.4, -0.2) is 17.2 Å².